The van der Waals surface area contributed by atoms with Crippen LogP contribution in [0.25, 0.3) is 10.9 Å². The summed E-state index contributed by atoms with van der Waals surface area (Å²) in [5.74, 6) is 0.755. The van der Waals surface area contributed by atoms with Gasteiger partial charge in [-0.2, -0.15) is 0 Å². The Bertz CT molecular complexity index is 1220. The lowest BCUT2D eigenvalue weighted by Gasteiger charge is -2.56. The van der Waals surface area contributed by atoms with Gasteiger partial charge in [0.05, 0.1) is 28.5 Å². The average molecular weight is 434 g/mol. The van der Waals surface area contributed by atoms with E-state index in [9.17, 15) is 15.2 Å². The third-order valence-corrected chi connectivity index (χ3v) is 7.38. The highest BCUT2D eigenvalue weighted by molar-refractivity contribution is 5.93. The fraction of sp³-hybridized carbons (Fsp3) is 0.360. The second-order valence-corrected chi connectivity index (χ2v) is 9.01. The second-order valence-electron chi connectivity index (χ2n) is 9.01. The van der Waals surface area contributed by atoms with Crippen LogP contribution in [0.15, 0.2) is 55.1 Å². The minimum Gasteiger partial charge on any atom is -0.497 e. The van der Waals surface area contributed by atoms with E-state index in [0.29, 0.717) is 31.3 Å². The number of nitro groups is 1. The quantitative estimate of drug-likeness (QED) is 0.363. The molecule has 0 radical (unpaired) electrons. The van der Waals surface area contributed by atoms with Crippen LogP contribution in [0.5, 0.6) is 5.75 Å². The molecule has 32 heavy (non-hydrogen) atoms. The van der Waals surface area contributed by atoms with E-state index in [1.54, 1.807) is 13.2 Å². The molecular weight excluding hydrogens is 406 g/mol. The maximum Gasteiger partial charge on any atom is 0.279 e. The summed E-state index contributed by atoms with van der Waals surface area (Å²) in [6, 6.07) is 13.1. The van der Waals surface area contributed by atoms with Crippen molar-refractivity contribution in [3.05, 3.63) is 82.1 Å². The number of nitrogens with one attached hydrogen (secondary N) is 1. The van der Waals surface area contributed by atoms with E-state index in [1.165, 1.54) is 6.07 Å². The Morgan fingerprint density at radius 3 is 2.88 bits per heavy atom. The number of aromatic nitrogens is 1. The Morgan fingerprint density at radius 1 is 1.31 bits per heavy atom. The largest absolute Gasteiger partial charge is 0.497 e. The number of non-ortho nitro benzene ring substituents is 1. The van der Waals surface area contributed by atoms with Gasteiger partial charge in [-0.15, -0.1) is 6.58 Å². The summed E-state index contributed by atoms with van der Waals surface area (Å²) in [5.41, 5.74) is 2.07. The molecule has 2 aliphatic rings. The van der Waals surface area contributed by atoms with Gasteiger partial charge in [0.2, 0.25) is 0 Å². The van der Waals surface area contributed by atoms with Crippen LogP contribution in [-0.2, 0) is 18.3 Å². The number of ether oxygens (including phenoxy) is 1. The van der Waals surface area contributed by atoms with Gasteiger partial charge >= 0.3 is 0 Å². The van der Waals surface area contributed by atoms with Crippen LogP contribution < -0.4 is 4.74 Å². The first-order valence-corrected chi connectivity index (χ1v) is 10.9. The molecule has 1 aliphatic carbocycles. The fourth-order valence-electron chi connectivity index (χ4n) is 5.88. The Kier molecular flexibility index (Phi) is 4.83. The van der Waals surface area contributed by atoms with Gasteiger partial charge in [-0.05, 0) is 42.3 Å². The summed E-state index contributed by atoms with van der Waals surface area (Å²) in [5, 5.41) is 24.7. The summed E-state index contributed by atoms with van der Waals surface area (Å²) in [6.45, 7) is 5.86. The normalized spacial score (nSPS) is 25.2. The molecule has 1 saturated heterocycles. The van der Waals surface area contributed by atoms with Crippen molar-refractivity contribution in [1.29, 1.82) is 0 Å². The van der Waals surface area contributed by atoms with Gasteiger partial charge in [0.25, 0.3) is 5.69 Å². The van der Waals surface area contributed by atoms with E-state index in [0.717, 1.165) is 41.1 Å². The Labute approximate surface area is 186 Å². The van der Waals surface area contributed by atoms with Crippen LogP contribution in [-0.4, -0.2) is 52.3 Å². The van der Waals surface area contributed by atoms with Crippen molar-refractivity contribution in [2.75, 3.05) is 26.7 Å². The van der Waals surface area contributed by atoms with Crippen molar-refractivity contribution in [3.63, 3.8) is 0 Å². The number of aromatic amines is 1. The number of hydrogen-bond acceptors (Lipinski definition) is 5. The van der Waals surface area contributed by atoms with Gasteiger partial charge in [-0.3, -0.25) is 15.0 Å². The van der Waals surface area contributed by atoms with E-state index in [-0.39, 0.29) is 10.6 Å². The Hall–Kier alpha value is -3.16. The van der Waals surface area contributed by atoms with Gasteiger partial charge < -0.3 is 14.8 Å². The lowest BCUT2D eigenvalue weighted by molar-refractivity contribution is -0.383. The predicted molar refractivity (Wildman–Crippen MR) is 123 cm³/mol. The van der Waals surface area contributed by atoms with Crippen LogP contribution in [0.4, 0.5) is 5.69 Å². The molecule has 0 unspecified atom stereocenters. The standard InChI is InChI=1S/C25H27N3O4/c1-3-11-27-12-10-24(17-6-4-7-18(13-17)32-2)15-21-19(14-25(24,29)16-27)23-20(26-21)8-5-9-22(23)28(30)31/h3-9,13,26,29H,1,10-12,14-16H2,2H3/t24-,25-/m0/s1. The highest BCUT2D eigenvalue weighted by Crippen LogP contribution is 2.52. The molecule has 0 saturated carbocycles. The molecular formula is C25H27N3O4. The minimum atomic E-state index is -1.09. The number of benzene rings is 2. The molecule has 2 N–H and O–H groups in total. The number of hydrogen-bond donors (Lipinski definition) is 2. The summed E-state index contributed by atoms with van der Waals surface area (Å²) in [6.07, 6.45) is 3.55. The molecule has 7 nitrogen and oxygen atoms in total. The van der Waals surface area contributed by atoms with Crippen LogP contribution in [0, 0.1) is 10.1 Å². The van der Waals surface area contributed by atoms with Crippen LogP contribution >= 0.6 is 0 Å². The summed E-state index contributed by atoms with van der Waals surface area (Å²) in [7, 11) is 1.64. The van der Waals surface area contributed by atoms with Gasteiger partial charge in [0.15, 0.2) is 0 Å². The first-order valence-electron chi connectivity index (χ1n) is 10.9. The molecule has 0 spiro atoms. The molecule has 1 fully saturated rings. The average Bonchev–Trinajstić information content (AvgIpc) is 3.13. The van der Waals surface area contributed by atoms with E-state index in [2.05, 4.69) is 22.5 Å². The van der Waals surface area contributed by atoms with E-state index in [1.807, 2.05) is 30.3 Å². The van der Waals surface area contributed by atoms with E-state index in [4.69, 9.17) is 4.74 Å². The number of likely N-dealkylation sites (tertiary alicyclic amines) is 1. The molecule has 2 aromatic carbocycles. The number of methoxy groups -OCH3 is 1. The molecule has 166 valence electrons. The monoisotopic (exact) mass is 433 g/mol. The number of rotatable bonds is 5. The summed E-state index contributed by atoms with van der Waals surface area (Å²) >= 11 is 0. The maximum atomic E-state index is 12.3. The number of piperidine rings is 1. The summed E-state index contributed by atoms with van der Waals surface area (Å²) in [4.78, 5) is 17.1. The van der Waals surface area contributed by atoms with Gasteiger partial charge in [0, 0.05) is 43.1 Å². The number of nitro benzene ring substituents is 1. The molecule has 7 heteroatoms. The van der Waals surface area contributed by atoms with E-state index < -0.39 is 11.0 Å². The third kappa shape index (κ3) is 2.96. The van der Waals surface area contributed by atoms with Crippen molar-refractivity contribution >= 4 is 16.6 Å². The Balaban J connectivity index is 1.72. The minimum absolute atomic E-state index is 0.0798. The highest BCUT2D eigenvalue weighted by Gasteiger charge is 2.57. The third-order valence-electron chi connectivity index (χ3n) is 7.38. The topological polar surface area (TPSA) is 91.6 Å². The zero-order valence-corrected chi connectivity index (χ0v) is 18.1. The number of nitrogens with zero attached hydrogens (tertiary/aromatic N) is 2. The highest BCUT2D eigenvalue weighted by atomic mass is 16.6. The molecule has 2 atom stereocenters. The zero-order chi connectivity index (χ0) is 22.5. The SMILES string of the molecule is C=CCN1CC[C@@]2(c3cccc(OC)c3)Cc3[nH]c4cccc([N+](=O)[O-])c4c3C[C@]2(O)C1. The van der Waals surface area contributed by atoms with Crippen LogP contribution in [0.3, 0.4) is 0 Å². The van der Waals surface area contributed by atoms with Gasteiger partial charge in [-0.1, -0.05) is 24.3 Å². The second kappa shape index (κ2) is 7.46. The van der Waals surface area contributed by atoms with Crippen molar-refractivity contribution in [3.8, 4) is 5.75 Å². The first-order chi connectivity index (χ1) is 15.4. The van der Waals surface area contributed by atoms with E-state index >= 15 is 0 Å². The van der Waals surface area contributed by atoms with Crippen molar-refractivity contribution < 1.29 is 14.8 Å². The molecule has 1 aromatic heterocycles. The first kappa shape index (κ1) is 20.7. The zero-order valence-electron chi connectivity index (χ0n) is 18.1. The number of β-amino-alcohol motifs (C(OH)–C–C–N with tert-alkyl or cyclic N) is 1. The van der Waals surface area contributed by atoms with Crippen LogP contribution in [0.1, 0.15) is 23.2 Å². The van der Waals surface area contributed by atoms with Crippen LogP contribution in [0.2, 0.25) is 0 Å². The number of aliphatic hydroxyl groups is 1. The van der Waals surface area contributed by atoms with Gasteiger partial charge in [-0.25, -0.2) is 0 Å². The number of H-pyrrole nitrogens is 1. The van der Waals surface area contributed by atoms with Crippen molar-refractivity contribution in [2.24, 2.45) is 0 Å². The smallest absolute Gasteiger partial charge is 0.279 e. The molecule has 3 aromatic rings. The van der Waals surface area contributed by atoms with Gasteiger partial charge in [0.1, 0.15) is 5.75 Å². The lowest BCUT2D eigenvalue weighted by atomic mass is 9.56. The predicted octanol–water partition coefficient (Wildman–Crippen LogP) is 3.74. The molecule has 2 heterocycles. The molecule has 0 bridgehead atoms. The lowest BCUT2D eigenvalue weighted by Crippen LogP contribution is -2.66. The Morgan fingerprint density at radius 2 is 2.12 bits per heavy atom. The molecule has 5 rings (SSSR count). The summed E-state index contributed by atoms with van der Waals surface area (Å²) < 4.78 is 5.49. The molecule has 1 aliphatic heterocycles. The van der Waals surface area contributed by atoms with Crippen molar-refractivity contribution in [1.82, 2.24) is 9.88 Å². The van der Waals surface area contributed by atoms with Crippen molar-refractivity contribution in [2.45, 2.75) is 30.3 Å². The molecule has 0 amide bonds. The number of fused-ring (bicyclic) bond motifs is 4. The maximum absolute atomic E-state index is 12.3. The fourth-order valence-corrected chi connectivity index (χ4v) is 5.88.